The topological polar surface area (TPSA) is 96.0 Å². The van der Waals surface area contributed by atoms with Crippen LogP contribution in [-0.4, -0.2) is 42.5 Å². The molecule has 0 aromatic carbocycles. The van der Waals surface area contributed by atoms with Gasteiger partial charge >= 0.3 is 17.9 Å². The first-order chi connectivity index (χ1) is 15.7. The van der Waals surface area contributed by atoms with Gasteiger partial charge in [-0.05, 0) is 59.3 Å². The quantitative estimate of drug-likeness (QED) is 0.128. The average Bonchev–Trinajstić information content (AvgIpc) is 2.75. The molecule has 7 heteroatoms. The summed E-state index contributed by atoms with van der Waals surface area (Å²) in [5.74, 6) is 4.73. The molecule has 1 aliphatic rings. The van der Waals surface area contributed by atoms with Crippen LogP contribution in [0.25, 0.3) is 0 Å². The van der Waals surface area contributed by atoms with Crippen LogP contribution in [0.5, 0.6) is 0 Å². The summed E-state index contributed by atoms with van der Waals surface area (Å²) < 4.78 is 15.8. The number of ketones is 1. The normalized spacial score (nSPS) is 16.5. The Labute approximate surface area is 198 Å². The summed E-state index contributed by atoms with van der Waals surface area (Å²) in [6.45, 7) is 6.82. The molecule has 1 fully saturated rings. The first-order valence-corrected chi connectivity index (χ1v) is 12.2. The third kappa shape index (κ3) is 9.57. The fraction of sp³-hybridized carbons (Fsp3) is 0.769. The summed E-state index contributed by atoms with van der Waals surface area (Å²) in [5.41, 5.74) is -2.18. The Bertz CT molecular complexity index is 725. The lowest BCUT2D eigenvalue weighted by Crippen LogP contribution is -2.40. The van der Waals surface area contributed by atoms with Gasteiger partial charge in [-0.1, -0.05) is 37.5 Å². The Kier molecular flexibility index (Phi) is 12.8. The van der Waals surface area contributed by atoms with E-state index in [4.69, 9.17) is 14.2 Å². The third-order valence-electron chi connectivity index (χ3n) is 6.09. The van der Waals surface area contributed by atoms with Crippen molar-refractivity contribution in [1.82, 2.24) is 0 Å². The van der Waals surface area contributed by atoms with Crippen molar-refractivity contribution in [2.45, 2.75) is 110 Å². The maximum Gasteiger partial charge on any atom is 0.320 e. The Balaban J connectivity index is 2.88. The lowest BCUT2D eigenvalue weighted by Gasteiger charge is -2.32. The number of hydrogen-bond acceptors (Lipinski definition) is 7. The first-order valence-electron chi connectivity index (χ1n) is 12.2. The second-order valence-corrected chi connectivity index (χ2v) is 8.71. The number of unbranched alkanes of at least 4 members (excludes halogenated alkanes) is 3. The van der Waals surface area contributed by atoms with Crippen LogP contribution in [0.4, 0.5) is 0 Å². The Morgan fingerprint density at radius 1 is 0.879 bits per heavy atom. The van der Waals surface area contributed by atoms with E-state index >= 15 is 0 Å². The number of Topliss-reactive ketones (excluding diaryl/α,β-unsaturated/α-hetero) is 1. The van der Waals surface area contributed by atoms with E-state index < -0.39 is 17.0 Å². The van der Waals surface area contributed by atoms with Crippen LogP contribution in [0.2, 0.25) is 0 Å². The van der Waals surface area contributed by atoms with Gasteiger partial charge in [-0.3, -0.25) is 19.2 Å². The summed E-state index contributed by atoms with van der Waals surface area (Å²) in [4.78, 5) is 48.6. The minimum absolute atomic E-state index is 0.0347. The predicted octanol–water partition coefficient (Wildman–Crippen LogP) is 4.69. The Morgan fingerprint density at radius 2 is 1.52 bits per heavy atom. The molecule has 0 saturated heterocycles. The van der Waals surface area contributed by atoms with E-state index in [0.29, 0.717) is 45.1 Å². The summed E-state index contributed by atoms with van der Waals surface area (Å²) in [6, 6.07) is 0. The average molecular weight is 465 g/mol. The van der Waals surface area contributed by atoms with E-state index in [9.17, 15) is 19.2 Å². The van der Waals surface area contributed by atoms with Crippen molar-refractivity contribution in [2.75, 3.05) is 13.2 Å². The molecule has 1 rings (SSSR count). The predicted molar refractivity (Wildman–Crippen MR) is 124 cm³/mol. The zero-order valence-electron chi connectivity index (χ0n) is 20.8. The van der Waals surface area contributed by atoms with E-state index in [1.165, 1.54) is 13.8 Å². The van der Waals surface area contributed by atoms with Crippen molar-refractivity contribution in [2.24, 2.45) is 5.41 Å². The highest BCUT2D eigenvalue weighted by molar-refractivity contribution is 6.03. The molecule has 0 amide bonds. The van der Waals surface area contributed by atoms with E-state index in [0.717, 1.165) is 32.1 Å². The molecular formula is C26H40O7. The Hall–Kier alpha value is -2.36. The molecule has 0 spiro atoms. The van der Waals surface area contributed by atoms with Crippen LogP contribution in [0, 0.1) is 17.3 Å². The van der Waals surface area contributed by atoms with Crippen molar-refractivity contribution in [3.63, 3.8) is 0 Å². The van der Waals surface area contributed by atoms with Gasteiger partial charge in [0.2, 0.25) is 0 Å². The second-order valence-electron chi connectivity index (χ2n) is 8.71. The second kappa shape index (κ2) is 14.7. The molecule has 0 heterocycles. The maximum absolute atomic E-state index is 12.9. The van der Waals surface area contributed by atoms with E-state index in [2.05, 4.69) is 11.8 Å². The van der Waals surface area contributed by atoms with Crippen molar-refractivity contribution < 1.29 is 33.4 Å². The van der Waals surface area contributed by atoms with Gasteiger partial charge in [0.05, 0.1) is 13.2 Å². The highest BCUT2D eigenvalue weighted by Gasteiger charge is 2.44. The van der Waals surface area contributed by atoms with Gasteiger partial charge in [-0.25, -0.2) is 0 Å². The minimum atomic E-state index is -1.34. The lowest BCUT2D eigenvalue weighted by molar-refractivity contribution is -0.160. The highest BCUT2D eigenvalue weighted by atomic mass is 16.6. The van der Waals surface area contributed by atoms with E-state index in [1.54, 1.807) is 13.8 Å². The number of esters is 3. The monoisotopic (exact) mass is 464 g/mol. The van der Waals surface area contributed by atoms with Crippen molar-refractivity contribution in [1.29, 1.82) is 0 Å². The first kappa shape index (κ1) is 28.7. The molecule has 1 unspecified atom stereocenters. The molecule has 0 aromatic heterocycles. The van der Waals surface area contributed by atoms with Gasteiger partial charge in [-0.2, -0.15) is 0 Å². The summed E-state index contributed by atoms with van der Waals surface area (Å²) in [6.07, 6.45) is 7.88. The molecule has 1 atom stereocenters. The fourth-order valence-electron chi connectivity index (χ4n) is 4.27. The summed E-state index contributed by atoms with van der Waals surface area (Å²) in [7, 11) is 0. The van der Waals surface area contributed by atoms with Crippen LogP contribution in [0.3, 0.4) is 0 Å². The lowest BCUT2D eigenvalue weighted by atomic mass is 9.75. The molecule has 33 heavy (non-hydrogen) atoms. The van der Waals surface area contributed by atoms with Crippen LogP contribution >= 0.6 is 0 Å². The molecule has 186 valence electrons. The Morgan fingerprint density at radius 3 is 2.09 bits per heavy atom. The zero-order chi connectivity index (χ0) is 24.7. The molecule has 1 aliphatic carbocycles. The standard InChI is InChI=1S/C26H40O7/c1-5-31-23(29)15-10-7-8-13-19-26(21(3)27,24(30)32-6-2)20-14-18-25(33-22(4)28)16-11-9-12-17-25/h5-13,15-17,19-20H2,1-4H3. The number of ether oxygens (including phenoxy) is 3. The molecule has 0 aliphatic heterocycles. The third-order valence-corrected chi connectivity index (χ3v) is 6.09. The van der Waals surface area contributed by atoms with Crippen molar-refractivity contribution >= 4 is 23.7 Å². The van der Waals surface area contributed by atoms with Gasteiger partial charge in [0.1, 0.15) is 11.2 Å². The molecule has 0 radical (unpaired) electrons. The van der Waals surface area contributed by atoms with Crippen LogP contribution in [-0.2, 0) is 33.4 Å². The van der Waals surface area contributed by atoms with E-state index in [1.807, 2.05) is 0 Å². The van der Waals surface area contributed by atoms with Crippen LogP contribution in [0.15, 0.2) is 0 Å². The number of hydrogen-bond donors (Lipinski definition) is 0. The fourth-order valence-corrected chi connectivity index (χ4v) is 4.27. The van der Waals surface area contributed by atoms with E-state index in [-0.39, 0.29) is 30.7 Å². The smallest absolute Gasteiger partial charge is 0.320 e. The summed E-state index contributed by atoms with van der Waals surface area (Å²) in [5, 5.41) is 0. The molecular weight excluding hydrogens is 424 g/mol. The number of carbonyl (C=O) groups is 4. The molecule has 1 saturated carbocycles. The minimum Gasteiger partial charge on any atom is -0.466 e. The maximum atomic E-state index is 12.9. The van der Waals surface area contributed by atoms with Gasteiger partial charge in [0, 0.05) is 19.8 Å². The van der Waals surface area contributed by atoms with Crippen LogP contribution in [0.1, 0.15) is 105 Å². The largest absolute Gasteiger partial charge is 0.466 e. The van der Waals surface area contributed by atoms with Crippen molar-refractivity contribution in [3.8, 4) is 11.8 Å². The molecule has 0 N–H and O–H groups in total. The molecule has 0 bridgehead atoms. The molecule has 7 nitrogen and oxygen atoms in total. The zero-order valence-corrected chi connectivity index (χ0v) is 20.8. The highest BCUT2D eigenvalue weighted by Crippen LogP contribution is 2.34. The van der Waals surface area contributed by atoms with Gasteiger partial charge < -0.3 is 14.2 Å². The number of rotatable bonds is 13. The van der Waals surface area contributed by atoms with Gasteiger partial charge in [0.25, 0.3) is 0 Å². The summed E-state index contributed by atoms with van der Waals surface area (Å²) >= 11 is 0. The molecule has 0 aromatic rings. The number of carbonyl (C=O) groups excluding carboxylic acids is 4. The SMILES string of the molecule is CCOC(=O)CCCCCCC(CC#CC1(OC(C)=O)CCCCC1)(C(C)=O)C(=O)OCC. The van der Waals surface area contributed by atoms with Gasteiger partial charge in [-0.15, -0.1) is 0 Å². The van der Waals surface area contributed by atoms with Crippen LogP contribution < -0.4 is 0 Å². The van der Waals surface area contributed by atoms with Crippen molar-refractivity contribution in [3.05, 3.63) is 0 Å². The van der Waals surface area contributed by atoms with Gasteiger partial charge in [0.15, 0.2) is 5.60 Å².